The van der Waals surface area contributed by atoms with Gasteiger partial charge in [-0.2, -0.15) is 0 Å². The van der Waals surface area contributed by atoms with Crippen molar-refractivity contribution in [2.45, 2.75) is 6.54 Å². The summed E-state index contributed by atoms with van der Waals surface area (Å²) in [6.45, 7) is 0.439. The largest absolute Gasteiger partial charge is 0.497 e. The Kier molecular flexibility index (Phi) is 4.53. The van der Waals surface area contributed by atoms with Gasteiger partial charge in [-0.25, -0.2) is 0 Å². The molecule has 0 fully saturated rings. The summed E-state index contributed by atoms with van der Waals surface area (Å²) in [5, 5.41) is 11.4. The molecule has 27 heavy (non-hydrogen) atoms. The summed E-state index contributed by atoms with van der Waals surface area (Å²) in [4.78, 5) is 12.6. The molecule has 0 spiro atoms. The van der Waals surface area contributed by atoms with Crippen LogP contribution in [0.1, 0.15) is 15.9 Å². The zero-order valence-electron chi connectivity index (χ0n) is 14.8. The summed E-state index contributed by atoms with van der Waals surface area (Å²) < 4.78 is 6.97. The smallest absolute Gasteiger partial charge is 0.253 e. The van der Waals surface area contributed by atoms with Crippen LogP contribution in [0.4, 0.5) is 0 Å². The molecule has 4 aromatic rings. The van der Waals surface area contributed by atoms with Crippen LogP contribution in [-0.4, -0.2) is 27.6 Å². The fourth-order valence-corrected chi connectivity index (χ4v) is 2.84. The number of rotatable bonds is 5. The Balaban J connectivity index is 1.55. The normalized spacial score (nSPS) is 10.7. The molecule has 0 unspecified atom stereocenters. The summed E-state index contributed by atoms with van der Waals surface area (Å²) in [7, 11) is 1.63. The predicted octanol–water partition coefficient (Wildman–Crippen LogP) is 3.33. The number of fused-ring (bicyclic) bond motifs is 1. The fourth-order valence-electron chi connectivity index (χ4n) is 2.84. The lowest BCUT2D eigenvalue weighted by Crippen LogP contribution is -2.23. The fraction of sp³-hybridized carbons (Fsp3) is 0.0952. The first-order valence-electron chi connectivity index (χ1n) is 8.56. The van der Waals surface area contributed by atoms with E-state index in [2.05, 4.69) is 15.5 Å². The quantitative estimate of drug-likeness (QED) is 0.594. The van der Waals surface area contributed by atoms with Crippen molar-refractivity contribution < 1.29 is 9.53 Å². The number of methoxy groups -OCH3 is 1. The molecule has 6 heteroatoms. The summed E-state index contributed by atoms with van der Waals surface area (Å²) in [6, 6.07) is 20.9. The Bertz CT molecular complexity index is 1070. The maximum absolute atomic E-state index is 12.6. The van der Waals surface area contributed by atoms with Crippen molar-refractivity contribution in [2.24, 2.45) is 0 Å². The SMILES string of the molecule is COc1ccc(CNC(=O)c2ccc3nnc(-c4ccccc4)n3c2)cc1. The molecule has 0 aliphatic heterocycles. The van der Waals surface area contributed by atoms with Gasteiger partial charge < -0.3 is 10.1 Å². The number of amides is 1. The second kappa shape index (κ2) is 7.29. The Morgan fingerprint density at radius 3 is 2.52 bits per heavy atom. The first kappa shape index (κ1) is 16.8. The molecule has 0 bridgehead atoms. The van der Waals surface area contributed by atoms with Gasteiger partial charge >= 0.3 is 0 Å². The second-order valence-corrected chi connectivity index (χ2v) is 6.07. The van der Waals surface area contributed by atoms with Gasteiger partial charge in [-0.1, -0.05) is 42.5 Å². The van der Waals surface area contributed by atoms with E-state index in [0.717, 1.165) is 16.9 Å². The number of hydrogen-bond donors (Lipinski definition) is 1. The average molecular weight is 358 g/mol. The van der Waals surface area contributed by atoms with E-state index in [1.54, 1.807) is 25.4 Å². The van der Waals surface area contributed by atoms with Gasteiger partial charge in [0.25, 0.3) is 5.91 Å². The molecule has 4 rings (SSSR count). The van der Waals surface area contributed by atoms with E-state index in [-0.39, 0.29) is 5.91 Å². The van der Waals surface area contributed by atoms with Gasteiger partial charge in [0.2, 0.25) is 0 Å². The van der Waals surface area contributed by atoms with Crippen LogP contribution in [-0.2, 0) is 6.54 Å². The van der Waals surface area contributed by atoms with Gasteiger partial charge in [0.15, 0.2) is 11.5 Å². The van der Waals surface area contributed by atoms with Crippen molar-refractivity contribution in [1.82, 2.24) is 19.9 Å². The highest BCUT2D eigenvalue weighted by Crippen LogP contribution is 2.18. The number of carbonyl (C=O) groups excluding carboxylic acids is 1. The number of hydrogen-bond acceptors (Lipinski definition) is 4. The van der Waals surface area contributed by atoms with Crippen LogP contribution in [0.15, 0.2) is 72.9 Å². The van der Waals surface area contributed by atoms with Crippen LogP contribution in [0.2, 0.25) is 0 Å². The highest BCUT2D eigenvalue weighted by molar-refractivity contribution is 5.94. The van der Waals surface area contributed by atoms with Gasteiger partial charge in [0.1, 0.15) is 5.75 Å². The predicted molar refractivity (Wildman–Crippen MR) is 103 cm³/mol. The molecular formula is C21H18N4O2. The maximum Gasteiger partial charge on any atom is 0.253 e. The van der Waals surface area contributed by atoms with Crippen LogP contribution < -0.4 is 10.1 Å². The molecule has 2 aromatic carbocycles. The third-order valence-corrected chi connectivity index (χ3v) is 4.31. The summed E-state index contributed by atoms with van der Waals surface area (Å²) >= 11 is 0. The van der Waals surface area contributed by atoms with Crippen LogP contribution in [0.25, 0.3) is 17.0 Å². The van der Waals surface area contributed by atoms with Crippen LogP contribution in [0.3, 0.4) is 0 Å². The number of pyridine rings is 1. The first-order valence-corrected chi connectivity index (χ1v) is 8.56. The molecule has 2 aromatic heterocycles. The van der Waals surface area contributed by atoms with Crippen molar-refractivity contribution in [3.8, 4) is 17.1 Å². The van der Waals surface area contributed by atoms with Gasteiger partial charge in [-0.05, 0) is 29.8 Å². The van der Waals surface area contributed by atoms with Gasteiger partial charge in [-0.15, -0.1) is 10.2 Å². The van der Waals surface area contributed by atoms with Crippen molar-refractivity contribution in [2.75, 3.05) is 7.11 Å². The van der Waals surface area contributed by atoms with Crippen molar-refractivity contribution in [3.63, 3.8) is 0 Å². The maximum atomic E-state index is 12.6. The minimum atomic E-state index is -0.152. The van der Waals surface area contributed by atoms with E-state index in [1.165, 1.54) is 0 Å². The number of ether oxygens (including phenoxy) is 1. The first-order chi connectivity index (χ1) is 13.2. The molecule has 0 saturated heterocycles. The Hall–Kier alpha value is -3.67. The van der Waals surface area contributed by atoms with Crippen LogP contribution in [0, 0.1) is 0 Å². The number of carbonyl (C=O) groups is 1. The molecule has 0 atom stereocenters. The van der Waals surface area contributed by atoms with E-state index in [0.29, 0.717) is 23.6 Å². The van der Waals surface area contributed by atoms with E-state index >= 15 is 0 Å². The van der Waals surface area contributed by atoms with E-state index < -0.39 is 0 Å². The molecule has 1 N–H and O–H groups in total. The number of nitrogens with one attached hydrogen (secondary N) is 1. The monoisotopic (exact) mass is 358 g/mol. The summed E-state index contributed by atoms with van der Waals surface area (Å²) in [5.74, 6) is 1.34. The van der Waals surface area contributed by atoms with Gasteiger partial charge in [0, 0.05) is 18.3 Å². The lowest BCUT2D eigenvalue weighted by Gasteiger charge is -2.07. The van der Waals surface area contributed by atoms with Crippen LogP contribution >= 0.6 is 0 Å². The third kappa shape index (κ3) is 3.50. The average Bonchev–Trinajstić information content (AvgIpc) is 3.16. The lowest BCUT2D eigenvalue weighted by molar-refractivity contribution is 0.0950. The zero-order chi connectivity index (χ0) is 18.6. The summed E-state index contributed by atoms with van der Waals surface area (Å²) in [5.41, 5.74) is 3.19. The molecule has 0 saturated carbocycles. The molecule has 2 heterocycles. The number of nitrogens with zero attached hydrogens (tertiary/aromatic N) is 3. The molecule has 0 radical (unpaired) electrons. The molecule has 134 valence electrons. The van der Waals surface area contributed by atoms with Crippen LogP contribution in [0.5, 0.6) is 5.75 Å². The number of aromatic nitrogens is 3. The Labute approximate surface area is 156 Å². The number of benzene rings is 2. The van der Waals surface area contributed by atoms with Crippen molar-refractivity contribution in [1.29, 1.82) is 0 Å². The van der Waals surface area contributed by atoms with E-state index in [9.17, 15) is 4.79 Å². The topological polar surface area (TPSA) is 68.5 Å². The highest BCUT2D eigenvalue weighted by Gasteiger charge is 2.11. The second-order valence-electron chi connectivity index (χ2n) is 6.07. The Morgan fingerprint density at radius 1 is 1.00 bits per heavy atom. The Morgan fingerprint density at radius 2 is 1.78 bits per heavy atom. The molecule has 6 nitrogen and oxygen atoms in total. The lowest BCUT2D eigenvalue weighted by atomic mass is 10.2. The minimum Gasteiger partial charge on any atom is -0.497 e. The third-order valence-electron chi connectivity index (χ3n) is 4.31. The highest BCUT2D eigenvalue weighted by atomic mass is 16.5. The van der Waals surface area contributed by atoms with E-state index in [4.69, 9.17) is 4.74 Å². The molecule has 0 aliphatic carbocycles. The molecule has 1 amide bonds. The zero-order valence-corrected chi connectivity index (χ0v) is 14.8. The van der Waals surface area contributed by atoms with Gasteiger partial charge in [-0.3, -0.25) is 9.20 Å². The van der Waals surface area contributed by atoms with E-state index in [1.807, 2.05) is 59.0 Å². The standard InChI is InChI=1S/C21H18N4O2/c1-27-18-10-7-15(8-11-18)13-22-21(26)17-9-12-19-23-24-20(25(19)14-17)16-5-3-2-4-6-16/h2-12,14H,13H2,1H3,(H,22,26). The summed E-state index contributed by atoms with van der Waals surface area (Å²) in [6.07, 6.45) is 1.76. The van der Waals surface area contributed by atoms with Crippen molar-refractivity contribution >= 4 is 11.6 Å². The minimum absolute atomic E-state index is 0.152. The van der Waals surface area contributed by atoms with Crippen molar-refractivity contribution in [3.05, 3.63) is 84.1 Å². The molecular weight excluding hydrogens is 340 g/mol. The van der Waals surface area contributed by atoms with Gasteiger partial charge in [0.05, 0.1) is 12.7 Å². The molecule has 0 aliphatic rings.